The lowest BCUT2D eigenvalue weighted by Crippen LogP contribution is -2.11. The number of nitrogens with zero attached hydrogens (tertiary/aromatic N) is 1. The predicted molar refractivity (Wildman–Crippen MR) is 48.0 cm³/mol. The highest BCUT2D eigenvalue weighted by Gasteiger charge is 2.08. The number of hydrogen-bond donors (Lipinski definition) is 0. The molecule has 0 spiro atoms. The van der Waals surface area contributed by atoms with Gasteiger partial charge in [0.15, 0.2) is 0 Å². The normalized spacial score (nSPS) is 24.5. The SMILES string of the molecule is CN(C)[C]CC1C=CCCC1. The Labute approximate surface area is 70.1 Å². The van der Waals surface area contributed by atoms with Crippen LogP contribution >= 0.6 is 0 Å². The summed E-state index contributed by atoms with van der Waals surface area (Å²) in [7, 11) is 4.07. The Bertz CT molecular complexity index is 127. The zero-order chi connectivity index (χ0) is 8.10. The van der Waals surface area contributed by atoms with E-state index in [1.54, 1.807) is 0 Å². The molecule has 0 aliphatic heterocycles. The van der Waals surface area contributed by atoms with E-state index in [1.165, 1.54) is 19.3 Å². The number of allylic oxidation sites excluding steroid dienone is 2. The van der Waals surface area contributed by atoms with Gasteiger partial charge in [-0.05, 0) is 45.7 Å². The average Bonchev–Trinajstić information content (AvgIpc) is 2.03. The van der Waals surface area contributed by atoms with Crippen molar-refractivity contribution in [3.05, 3.63) is 18.7 Å². The van der Waals surface area contributed by atoms with Gasteiger partial charge in [0.1, 0.15) is 0 Å². The molecule has 0 aromatic heterocycles. The maximum absolute atomic E-state index is 3.30. The number of rotatable bonds is 3. The van der Waals surface area contributed by atoms with E-state index < -0.39 is 0 Å². The lowest BCUT2D eigenvalue weighted by molar-refractivity contribution is 0.425. The molecule has 1 unspecified atom stereocenters. The maximum atomic E-state index is 3.30. The first-order valence-electron chi connectivity index (χ1n) is 4.36. The molecule has 0 heterocycles. The zero-order valence-electron chi connectivity index (χ0n) is 7.51. The highest BCUT2D eigenvalue weighted by atomic mass is 15.0. The van der Waals surface area contributed by atoms with Crippen LogP contribution in [0.15, 0.2) is 12.2 Å². The molecular weight excluding hydrogens is 134 g/mol. The molecule has 1 heteroatoms. The summed E-state index contributed by atoms with van der Waals surface area (Å²) in [5, 5.41) is 0. The quantitative estimate of drug-likeness (QED) is 0.442. The fourth-order valence-electron chi connectivity index (χ4n) is 1.35. The molecule has 0 N–H and O–H groups in total. The molecule has 0 amide bonds. The highest BCUT2D eigenvalue weighted by Crippen LogP contribution is 2.21. The minimum absolute atomic E-state index is 0.756. The Morgan fingerprint density at radius 2 is 2.36 bits per heavy atom. The summed E-state index contributed by atoms with van der Waals surface area (Å²) in [6.45, 7) is 3.30. The molecule has 1 aliphatic rings. The molecule has 11 heavy (non-hydrogen) atoms. The second kappa shape index (κ2) is 4.55. The van der Waals surface area contributed by atoms with Crippen LogP contribution in [0, 0.1) is 12.5 Å². The van der Waals surface area contributed by atoms with Gasteiger partial charge in [-0.15, -0.1) is 0 Å². The second-order valence-corrected chi connectivity index (χ2v) is 3.38. The summed E-state index contributed by atoms with van der Waals surface area (Å²) in [4.78, 5) is 2.02. The Morgan fingerprint density at radius 3 is 2.91 bits per heavy atom. The van der Waals surface area contributed by atoms with E-state index in [0.29, 0.717) is 0 Å². The van der Waals surface area contributed by atoms with Crippen molar-refractivity contribution in [3.63, 3.8) is 0 Å². The van der Waals surface area contributed by atoms with Crippen LogP contribution in [0.3, 0.4) is 0 Å². The van der Waals surface area contributed by atoms with Crippen LogP contribution in [0.25, 0.3) is 0 Å². The second-order valence-electron chi connectivity index (χ2n) is 3.38. The van der Waals surface area contributed by atoms with Crippen molar-refractivity contribution in [1.82, 2.24) is 4.90 Å². The summed E-state index contributed by atoms with van der Waals surface area (Å²) in [6.07, 6.45) is 9.70. The van der Waals surface area contributed by atoms with Crippen LogP contribution in [0.4, 0.5) is 0 Å². The van der Waals surface area contributed by atoms with Gasteiger partial charge in [0.05, 0.1) is 6.54 Å². The summed E-state index contributed by atoms with van der Waals surface area (Å²) in [6, 6.07) is 0. The zero-order valence-corrected chi connectivity index (χ0v) is 7.51. The van der Waals surface area contributed by atoms with Gasteiger partial charge in [-0.3, -0.25) is 0 Å². The van der Waals surface area contributed by atoms with Crippen LogP contribution in [-0.2, 0) is 0 Å². The molecule has 0 fully saturated rings. The highest BCUT2D eigenvalue weighted by molar-refractivity contribution is 4.94. The molecule has 0 bridgehead atoms. The van der Waals surface area contributed by atoms with Crippen molar-refractivity contribution in [1.29, 1.82) is 0 Å². The molecule has 0 aromatic rings. The molecule has 1 nitrogen and oxygen atoms in total. The van der Waals surface area contributed by atoms with E-state index in [1.807, 2.05) is 19.0 Å². The molecule has 1 aliphatic carbocycles. The molecule has 0 saturated carbocycles. The van der Waals surface area contributed by atoms with Crippen molar-refractivity contribution in [3.8, 4) is 0 Å². The van der Waals surface area contributed by atoms with Gasteiger partial charge in [0.25, 0.3) is 0 Å². The van der Waals surface area contributed by atoms with E-state index in [0.717, 1.165) is 12.3 Å². The molecule has 0 saturated heterocycles. The van der Waals surface area contributed by atoms with Crippen LogP contribution in [0.2, 0.25) is 0 Å². The Kier molecular flexibility index (Phi) is 3.64. The van der Waals surface area contributed by atoms with E-state index >= 15 is 0 Å². The molecule has 2 radical (unpaired) electrons. The maximum Gasteiger partial charge on any atom is 0.0616 e. The largest absolute Gasteiger partial charge is 0.300 e. The standard InChI is InChI=1S/C10H17N/c1-11(2)9-8-10-6-4-3-5-7-10/h4,6,10H,3,5,7-8H2,1-2H3. The first kappa shape index (κ1) is 8.79. The van der Waals surface area contributed by atoms with Gasteiger partial charge >= 0.3 is 0 Å². The first-order valence-corrected chi connectivity index (χ1v) is 4.36. The van der Waals surface area contributed by atoms with Gasteiger partial charge < -0.3 is 4.90 Å². The topological polar surface area (TPSA) is 3.24 Å². The van der Waals surface area contributed by atoms with E-state index in [2.05, 4.69) is 18.7 Å². The Morgan fingerprint density at radius 1 is 1.55 bits per heavy atom. The summed E-state index contributed by atoms with van der Waals surface area (Å²) >= 11 is 0. The molecule has 1 rings (SSSR count). The third kappa shape index (κ3) is 3.57. The van der Waals surface area contributed by atoms with Crippen molar-refractivity contribution in [2.45, 2.75) is 25.7 Å². The monoisotopic (exact) mass is 151 g/mol. The summed E-state index contributed by atoms with van der Waals surface area (Å²) in [5.41, 5.74) is 0. The third-order valence-electron chi connectivity index (χ3n) is 2.02. The predicted octanol–water partition coefficient (Wildman–Crippen LogP) is 2.33. The summed E-state index contributed by atoms with van der Waals surface area (Å²) < 4.78 is 0. The van der Waals surface area contributed by atoms with Crippen LogP contribution in [0.1, 0.15) is 25.7 Å². The Hall–Kier alpha value is -0.300. The van der Waals surface area contributed by atoms with Crippen LogP contribution in [-0.4, -0.2) is 19.0 Å². The van der Waals surface area contributed by atoms with Gasteiger partial charge in [-0.2, -0.15) is 0 Å². The molecule has 1 atom stereocenters. The van der Waals surface area contributed by atoms with Crippen LogP contribution < -0.4 is 0 Å². The Balaban J connectivity index is 2.15. The van der Waals surface area contributed by atoms with Crippen molar-refractivity contribution >= 4 is 0 Å². The minimum Gasteiger partial charge on any atom is -0.300 e. The van der Waals surface area contributed by atoms with Crippen LogP contribution in [0.5, 0.6) is 0 Å². The van der Waals surface area contributed by atoms with Gasteiger partial charge in [0.2, 0.25) is 0 Å². The molecule has 0 aromatic carbocycles. The van der Waals surface area contributed by atoms with Gasteiger partial charge in [-0.1, -0.05) is 12.2 Å². The average molecular weight is 151 g/mol. The minimum atomic E-state index is 0.756. The lowest BCUT2D eigenvalue weighted by Gasteiger charge is -2.17. The van der Waals surface area contributed by atoms with E-state index in [9.17, 15) is 0 Å². The number of hydrogen-bond acceptors (Lipinski definition) is 1. The van der Waals surface area contributed by atoms with Crippen molar-refractivity contribution < 1.29 is 0 Å². The molecule has 62 valence electrons. The third-order valence-corrected chi connectivity index (χ3v) is 2.02. The van der Waals surface area contributed by atoms with Crippen molar-refractivity contribution in [2.24, 2.45) is 5.92 Å². The lowest BCUT2D eigenvalue weighted by atomic mass is 9.93. The smallest absolute Gasteiger partial charge is 0.0616 e. The first-order chi connectivity index (χ1) is 5.29. The van der Waals surface area contributed by atoms with E-state index in [-0.39, 0.29) is 0 Å². The summed E-state index contributed by atoms with van der Waals surface area (Å²) in [5.74, 6) is 0.756. The fourth-order valence-corrected chi connectivity index (χ4v) is 1.35. The van der Waals surface area contributed by atoms with Gasteiger partial charge in [0, 0.05) is 0 Å². The van der Waals surface area contributed by atoms with Gasteiger partial charge in [-0.25, -0.2) is 0 Å². The fraction of sp³-hybridized carbons (Fsp3) is 0.700. The molecular formula is C10H17N. The van der Waals surface area contributed by atoms with E-state index in [4.69, 9.17) is 0 Å². The van der Waals surface area contributed by atoms with Crippen molar-refractivity contribution in [2.75, 3.05) is 14.1 Å².